The number of thiophene rings is 1. The van der Waals surface area contributed by atoms with Crippen LogP contribution >= 0.6 is 22.9 Å². The van der Waals surface area contributed by atoms with E-state index >= 15 is 0 Å². The lowest BCUT2D eigenvalue weighted by molar-refractivity contribution is 0.0754. The molecular weight excluding hydrogens is 310 g/mol. The van der Waals surface area contributed by atoms with Crippen LogP contribution in [0.2, 0.25) is 5.02 Å². The third kappa shape index (κ3) is 2.84. The predicted octanol–water partition coefficient (Wildman–Crippen LogP) is 3.79. The molecule has 0 spiro atoms. The summed E-state index contributed by atoms with van der Waals surface area (Å²) in [5, 5.41) is 2.41. The maximum Gasteiger partial charge on any atom is 0.254 e. The first-order valence-corrected chi connectivity index (χ1v) is 7.85. The van der Waals surface area contributed by atoms with Crippen LogP contribution < -0.4 is 9.47 Å². The van der Waals surface area contributed by atoms with Gasteiger partial charge >= 0.3 is 0 Å². The minimum Gasteiger partial charge on any atom is -0.454 e. The Hall–Kier alpha value is -1.72. The number of rotatable bonds is 4. The van der Waals surface area contributed by atoms with E-state index in [0.29, 0.717) is 35.2 Å². The summed E-state index contributed by atoms with van der Waals surface area (Å²) >= 11 is 7.77. The Morgan fingerprint density at radius 1 is 1.43 bits per heavy atom. The summed E-state index contributed by atoms with van der Waals surface area (Å²) < 4.78 is 10.6. The van der Waals surface area contributed by atoms with Gasteiger partial charge in [0.25, 0.3) is 5.91 Å². The van der Waals surface area contributed by atoms with Gasteiger partial charge in [0, 0.05) is 17.0 Å². The molecule has 0 saturated carbocycles. The van der Waals surface area contributed by atoms with Crippen LogP contribution in [-0.4, -0.2) is 24.1 Å². The van der Waals surface area contributed by atoms with Crippen LogP contribution in [0.3, 0.4) is 0 Å². The van der Waals surface area contributed by atoms with E-state index in [2.05, 4.69) is 0 Å². The van der Waals surface area contributed by atoms with Gasteiger partial charge in [0.1, 0.15) is 0 Å². The van der Waals surface area contributed by atoms with Gasteiger partial charge in [-0.05, 0) is 30.5 Å². The summed E-state index contributed by atoms with van der Waals surface area (Å²) in [6.45, 7) is 3.32. The summed E-state index contributed by atoms with van der Waals surface area (Å²) in [7, 11) is 0. The van der Waals surface area contributed by atoms with Gasteiger partial charge in [-0.25, -0.2) is 0 Å². The fourth-order valence-electron chi connectivity index (χ4n) is 2.19. The number of ether oxygens (including phenoxy) is 2. The highest BCUT2D eigenvalue weighted by atomic mass is 35.5. The van der Waals surface area contributed by atoms with E-state index in [1.807, 2.05) is 24.4 Å². The van der Waals surface area contributed by atoms with Crippen molar-refractivity contribution in [3.05, 3.63) is 45.1 Å². The molecule has 21 heavy (non-hydrogen) atoms. The minimum absolute atomic E-state index is 0.0638. The molecule has 3 rings (SSSR count). The topological polar surface area (TPSA) is 38.8 Å². The number of amides is 1. The molecule has 4 nitrogen and oxygen atoms in total. The van der Waals surface area contributed by atoms with Gasteiger partial charge in [-0.1, -0.05) is 17.7 Å². The van der Waals surface area contributed by atoms with Crippen LogP contribution in [0.5, 0.6) is 11.5 Å². The second-order valence-corrected chi connectivity index (χ2v) is 6.03. The zero-order valence-corrected chi connectivity index (χ0v) is 13.0. The second kappa shape index (κ2) is 5.95. The first-order chi connectivity index (χ1) is 10.2. The van der Waals surface area contributed by atoms with E-state index in [1.165, 1.54) is 0 Å². The molecule has 0 aliphatic carbocycles. The number of hydrogen-bond acceptors (Lipinski definition) is 4. The molecule has 1 aliphatic heterocycles. The van der Waals surface area contributed by atoms with Crippen molar-refractivity contribution >= 4 is 28.8 Å². The number of hydrogen-bond donors (Lipinski definition) is 0. The Morgan fingerprint density at radius 3 is 3.00 bits per heavy atom. The number of halogens is 1. The van der Waals surface area contributed by atoms with Gasteiger partial charge < -0.3 is 14.4 Å². The van der Waals surface area contributed by atoms with Crippen molar-refractivity contribution in [1.82, 2.24) is 4.90 Å². The minimum atomic E-state index is -0.0638. The first-order valence-electron chi connectivity index (χ1n) is 6.60. The quantitative estimate of drug-likeness (QED) is 0.859. The summed E-state index contributed by atoms with van der Waals surface area (Å²) in [6, 6.07) is 7.32. The molecule has 1 aromatic heterocycles. The second-order valence-electron chi connectivity index (χ2n) is 4.59. The van der Waals surface area contributed by atoms with Crippen LogP contribution in [0.25, 0.3) is 0 Å². The zero-order valence-electron chi connectivity index (χ0n) is 11.5. The zero-order chi connectivity index (χ0) is 14.8. The summed E-state index contributed by atoms with van der Waals surface area (Å²) in [6.07, 6.45) is 0. The van der Waals surface area contributed by atoms with Crippen LogP contribution in [-0.2, 0) is 6.54 Å². The van der Waals surface area contributed by atoms with Crippen molar-refractivity contribution in [3.8, 4) is 11.5 Å². The number of carbonyl (C=O) groups excluding carboxylic acids is 1. The molecule has 2 aromatic rings. The lowest BCUT2D eigenvalue weighted by Crippen LogP contribution is -2.29. The van der Waals surface area contributed by atoms with Crippen molar-refractivity contribution in [2.75, 3.05) is 13.3 Å². The molecule has 0 atom stereocenters. The Bertz CT molecular complexity index is 657. The van der Waals surface area contributed by atoms with E-state index in [-0.39, 0.29) is 12.7 Å². The highest BCUT2D eigenvalue weighted by Gasteiger charge is 2.23. The molecule has 1 aromatic carbocycles. The number of carbonyl (C=O) groups is 1. The van der Waals surface area contributed by atoms with Crippen molar-refractivity contribution in [2.45, 2.75) is 13.5 Å². The average molecular weight is 324 g/mol. The van der Waals surface area contributed by atoms with E-state index in [4.69, 9.17) is 21.1 Å². The molecule has 0 N–H and O–H groups in total. The summed E-state index contributed by atoms with van der Waals surface area (Å²) in [4.78, 5) is 15.6. The molecule has 0 radical (unpaired) electrons. The monoisotopic (exact) mass is 323 g/mol. The molecule has 6 heteroatoms. The molecule has 0 bridgehead atoms. The van der Waals surface area contributed by atoms with Gasteiger partial charge in [0.2, 0.25) is 6.79 Å². The summed E-state index contributed by atoms with van der Waals surface area (Å²) in [5.41, 5.74) is 0.516. The normalized spacial score (nSPS) is 12.5. The number of benzene rings is 1. The predicted molar refractivity (Wildman–Crippen MR) is 82.3 cm³/mol. The standard InChI is InChI=1S/C15H14ClNO3S/c1-2-17(8-11-4-3-5-21-11)15(18)10-6-12(16)14-13(7-10)19-9-20-14/h3-7H,2,8-9H2,1H3. The van der Waals surface area contributed by atoms with E-state index in [9.17, 15) is 4.79 Å². The highest BCUT2D eigenvalue weighted by molar-refractivity contribution is 7.09. The van der Waals surface area contributed by atoms with Crippen LogP contribution in [0, 0.1) is 0 Å². The lowest BCUT2D eigenvalue weighted by Gasteiger charge is -2.20. The average Bonchev–Trinajstić information content (AvgIpc) is 3.15. The van der Waals surface area contributed by atoms with E-state index < -0.39 is 0 Å². The molecule has 1 aliphatic rings. The number of nitrogens with zero attached hydrogens (tertiary/aromatic N) is 1. The molecule has 0 fully saturated rings. The fourth-order valence-corrected chi connectivity index (χ4v) is 3.18. The SMILES string of the molecule is CCN(Cc1cccs1)C(=O)c1cc(Cl)c2c(c1)OCO2. The molecule has 1 amide bonds. The van der Waals surface area contributed by atoms with Gasteiger partial charge in [0.05, 0.1) is 11.6 Å². The summed E-state index contributed by atoms with van der Waals surface area (Å²) in [5.74, 6) is 0.971. The first kappa shape index (κ1) is 14.2. The van der Waals surface area contributed by atoms with Gasteiger partial charge in [-0.15, -0.1) is 11.3 Å². The van der Waals surface area contributed by atoms with Crippen molar-refractivity contribution in [3.63, 3.8) is 0 Å². The molecular formula is C15H14ClNO3S. The van der Waals surface area contributed by atoms with Crippen LogP contribution in [0.1, 0.15) is 22.2 Å². The maximum atomic E-state index is 12.6. The maximum absolute atomic E-state index is 12.6. The van der Waals surface area contributed by atoms with E-state index in [0.717, 1.165) is 4.88 Å². The van der Waals surface area contributed by atoms with Crippen molar-refractivity contribution in [2.24, 2.45) is 0 Å². The Kier molecular flexibility index (Phi) is 4.03. The highest BCUT2D eigenvalue weighted by Crippen LogP contribution is 2.40. The molecule has 2 heterocycles. The van der Waals surface area contributed by atoms with Crippen LogP contribution in [0.4, 0.5) is 0 Å². The Balaban J connectivity index is 1.85. The lowest BCUT2D eigenvalue weighted by atomic mass is 10.1. The Morgan fingerprint density at radius 2 is 2.29 bits per heavy atom. The van der Waals surface area contributed by atoms with Gasteiger partial charge in [-0.2, -0.15) is 0 Å². The van der Waals surface area contributed by atoms with E-state index in [1.54, 1.807) is 28.4 Å². The smallest absolute Gasteiger partial charge is 0.254 e. The third-order valence-electron chi connectivity index (χ3n) is 3.27. The van der Waals surface area contributed by atoms with Crippen molar-refractivity contribution < 1.29 is 14.3 Å². The van der Waals surface area contributed by atoms with Gasteiger partial charge in [0.15, 0.2) is 11.5 Å². The molecule has 0 unspecified atom stereocenters. The molecule has 110 valence electrons. The number of fused-ring (bicyclic) bond motifs is 1. The van der Waals surface area contributed by atoms with Gasteiger partial charge in [-0.3, -0.25) is 4.79 Å². The third-order valence-corrected chi connectivity index (χ3v) is 4.41. The fraction of sp³-hybridized carbons (Fsp3) is 0.267. The Labute approximate surface area is 131 Å². The van der Waals surface area contributed by atoms with Crippen LogP contribution in [0.15, 0.2) is 29.6 Å². The molecule has 0 saturated heterocycles. The van der Waals surface area contributed by atoms with Crippen molar-refractivity contribution in [1.29, 1.82) is 0 Å². The largest absolute Gasteiger partial charge is 0.454 e.